The Kier molecular flexibility index (Phi) is 5.42. The predicted molar refractivity (Wildman–Crippen MR) is 70.0 cm³/mol. The van der Waals surface area contributed by atoms with Gasteiger partial charge in [0.2, 0.25) is 0 Å². The molecule has 0 radical (unpaired) electrons. The number of aliphatic hydroxyl groups is 1. The van der Waals surface area contributed by atoms with Crippen LogP contribution in [0.1, 0.15) is 11.1 Å². The Balaban J connectivity index is 2.80. The molecule has 0 aliphatic carbocycles. The quantitative estimate of drug-likeness (QED) is 0.873. The molecule has 5 heteroatoms. The Hall–Kier alpha value is -1.09. The Morgan fingerprint density at radius 2 is 2.29 bits per heavy atom. The lowest BCUT2D eigenvalue weighted by atomic mass is 10.1. The molecule has 17 heavy (non-hydrogen) atoms. The minimum atomic E-state index is -0.597. The number of benzene rings is 1. The minimum Gasteiger partial charge on any atom is -0.389 e. The number of nitrogens with one attached hydrogen (secondary N) is 1. The fraction of sp³-hybridized carbons (Fsp3) is 0.417. The maximum absolute atomic E-state index is 9.53. The van der Waals surface area contributed by atoms with Crippen molar-refractivity contribution in [3.05, 3.63) is 27.7 Å². The Bertz CT molecular complexity index is 429. The summed E-state index contributed by atoms with van der Waals surface area (Å²) in [6.45, 7) is 2.53. The Morgan fingerprint density at radius 3 is 2.88 bits per heavy atom. The highest BCUT2D eigenvalue weighted by molar-refractivity contribution is 9.10. The zero-order chi connectivity index (χ0) is 12.8. The summed E-state index contributed by atoms with van der Waals surface area (Å²) < 4.78 is 5.65. The SMILES string of the molecule is COC[C@H](O)CNc1c(Br)cc(C)cc1C#N. The summed E-state index contributed by atoms with van der Waals surface area (Å²) in [5.41, 5.74) is 2.27. The molecule has 2 N–H and O–H groups in total. The molecule has 0 saturated carbocycles. The van der Waals surface area contributed by atoms with Gasteiger partial charge in [-0.1, -0.05) is 0 Å². The second-order valence-corrected chi connectivity index (χ2v) is 4.63. The molecule has 0 amide bonds. The van der Waals surface area contributed by atoms with E-state index in [0.717, 1.165) is 10.0 Å². The zero-order valence-electron chi connectivity index (χ0n) is 9.83. The van der Waals surface area contributed by atoms with Crippen LogP contribution in [-0.4, -0.2) is 31.5 Å². The first-order chi connectivity index (χ1) is 8.08. The molecule has 0 aliphatic heterocycles. The van der Waals surface area contributed by atoms with E-state index in [1.165, 1.54) is 7.11 Å². The van der Waals surface area contributed by atoms with Crippen molar-refractivity contribution in [3.63, 3.8) is 0 Å². The standard InChI is InChI=1S/C12H15BrN2O2/c1-8-3-9(5-14)12(11(13)4-8)15-6-10(16)7-17-2/h3-4,10,15-16H,6-7H2,1-2H3/t10-/m1/s1. The van der Waals surface area contributed by atoms with E-state index < -0.39 is 6.10 Å². The van der Waals surface area contributed by atoms with Gasteiger partial charge in [0.05, 0.1) is 24.0 Å². The smallest absolute Gasteiger partial charge is 0.101 e. The van der Waals surface area contributed by atoms with E-state index in [4.69, 9.17) is 10.00 Å². The molecule has 4 nitrogen and oxygen atoms in total. The molecule has 1 aromatic carbocycles. The van der Waals surface area contributed by atoms with Gasteiger partial charge in [0.25, 0.3) is 0 Å². The molecular formula is C12H15BrN2O2. The topological polar surface area (TPSA) is 65.3 Å². The zero-order valence-corrected chi connectivity index (χ0v) is 11.4. The first-order valence-electron chi connectivity index (χ1n) is 5.19. The third-order valence-corrected chi connectivity index (χ3v) is 2.85. The van der Waals surface area contributed by atoms with Crippen LogP contribution < -0.4 is 5.32 Å². The molecular weight excluding hydrogens is 284 g/mol. The van der Waals surface area contributed by atoms with Gasteiger partial charge < -0.3 is 15.2 Å². The summed E-state index contributed by atoms with van der Waals surface area (Å²) >= 11 is 3.40. The van der Waals surface area contributed by atoms with Gasteiger partial charge in [-0.05, 0) is 40.5 Å². The second-order valence-electron chi connectivity index (χ2n) is 3.77. The van der Waals surface area contributed by atoms with E-state index >= 15 is 0 Å². The van der Waals surface area contributed by atoms with Crippen molar-refractivity contribution in [2.45, 2.75) is 13.0 Å². The number of rotatable bonds is 5. The summed E-state index contributed by atoms with van der Waals surface area (Å²) in [6, 6.07) is 5.85. The average Bonchev–Trinajstić information content (AvgIpc) is 2.27. The molecule has 0 spiro atoms. The van der Waals surface area contributed by atoms with Crippen LogP contribution in [0.3, 0.4) is 0 Å². The summed E-state index contributed by atoms with van der Waals surface area (Å²) in [5, 5.41) is 21.6. The number of nitrogens with zero attached hydrogens (tertiary/aromatic N) is 1. The number of anilines is 1. The van der Waals surface area contributed by atoms with Crippen molar-refractivity contribution in [2.24, 2.45) is 0 Å². The predicted octanol–water partition coefficient (Wildman–Crippen LogP) is 2.05. The molecule has 1 rings (SSSR count). The van der Waals surface area contributed by atoms with Crippen molar-refractivity contribution < 1.29 is 9.84 Å². The monoisotopic (exact) mass is 298 g/mol. The molecule has 1 aromatic rings. The van der Waals surface area contributed by atoms with E-state index in [-0.39, 0.29) is 6.61 Å². The summed E-state index contributed by atoms with van der Waals surface area (Å²) in [6.07, 6.45) is -0.597. The van der Waals surface area contributed by atoms with Crippen molar-refractivity contribution in [1.29, 1.82) is 5.26 Å². The highest BCUT2D eigenvalue weighted by Gasteiger charge is 2.10. The summed E-state index contributed by atoms with van der Waals surface area (Å²) in [5.74, 6) is 0. The van der Waals surface area contributed by atoms with Crippen molar-refractivity contribution >= 4 is 21.6 Å². The molecule has 0 saturated heterocycles. The van der Waals surface area contributed by atoms with E-state index in [9.17, 15) is 5.11 Å². The fourth-order valence-electron chi connectivity index (χ4n) is 1.48. The second kappa shape index (κ2) is 6.60. The molecule has 1 atom stereocenters. The van der Waals surface area contributed by atoms with Gasteiger partial charge in [0.15, 0.2) is 0 Å². The first-order valence-corrected chi connectivity index (χ1v) is 5.99. The lowest BCUT2D eigenvalue weighted by Crippen LogP contribution is -2.24. The van der Waals surface area contributed by atoms with E-state index in [1.807, 2.05) is 13.0 Å². The van der Waals surface area contributed by atoms with Crippen LogP contribution in [0.2, 0.25) is 0 Å². The number of nitriles is 1. The first kappa shape index (κ1) is 14.0. The Labute approximate surface area is 109 Å². The number of hydrogen-bond donors (Lipinski definition) is 2. The lowest BCUT2D eigenvalue weighted by Gasteiger charge is -2.14. The van der Waals surface area contributed by atoms with Crippen LogP contribution >= 0.6 is 15.9 Å². The Morgan fingerprint density at radius 1 is 1.59 bits per heavy atom. The molecule has 0 aliphatic rings. The third-order valence-electron chi connectivity index (χ3n) is 2.23. The highest BCUT2D eigenvalue weighted by Crippen LogP contribution is 2.27. The van der Waals surface area contributed by atoms with Crippen molar-refractivity contribution in [2.75, 3.05) is 25.6 Å². The average molecular weight is 299 g/mol. The number of aliphatic hydroxyl groups excluding tert-OH is 1. The van der Waals surface area contributed by atoms with Gasteiger partial charge in [-0.2, -0.15) is 5.26 Å². The van der Waals surface area contributed by atoms with Crippen LogP contribution in [-0.2, 0) is 4.74 Å². The fourth-order valence-corrected chi connectivity index (χ4v) is 2.20. The van der Waals surface area contributed by atoms with Crippen LogP contribution in [0.15, 0.2) is 16.6 Å². The maximum Gasteiger partial charge on any atom is 0.101 e. The minimum absolute atomic E-state index is 0.262. The molecule has 0 bridgehead atoms. The number of methoxy groups -OCH3 is 1. The third kappa shape index (κ3) is 4.00. The molecule has 92 valence electrons. The lowest BCUT2D eigenvalue weighted by molar-refractivity contribution is 0.0727. The maximum atomic E-state index is 9.53. The van der Waals surface area contributed by atoms with Crippen LogP contribution in [0.4, 0.5) is 5.69 Å². The van der Waals surface area contributed by atoms with Crippen LogP contribution in [0.25, 0.3) is 0 Å². The van der Waals surface area contributed by atoms with Gasteiger partial charge in [0.1, 0.15) is 6.07 Å². The van der Waals surface area contributed by atoms with Gasteiger partial charge in [0, 0.05) is 18.1 Å². The molecule has 0 heterocycles. The molecule has 0 fully saturated rings. The van der Waals surface area contributed by atoms with Crippen molar-refractivity contribution in [3.8, 4) is 6.07 Å². The number of aryl methyl sites for hydroxylation is 1. The van der Waals surface area contributed by atoms with Gasteiger partial charge in [-0.15, -0.1) is 0 Å². The van der Waals surface area contributed by atoms with E-state index in [2.05, 4.69) is 27.3 Å². The largest absolute Gasteiger partial charge is 0.389 e. The van der Waals surface area contributed by atoms with Gasteiger partial charge in [-0.25, -0.2) is 0 Å². The molecule has 0 unspecified atom stereocenters. The number of ether oxygens (including phenoxy) is 1. The van der Waals surface area contributed by atoms with E-state index in [0.29, 0.717) is 17.8 Å². The molecule has 0 aromatic heterocycles. The summed E-state index contributed by atoms with van der Waals surface area (Å²) in [4.78, 5) is 0. The van der Waals surface area contributed by atoms with Crippen molar-refractivity contribution in [1.82, 2.24) is 0 Å². The van der Waals surface area contributed by atoms with Gasteiger partial charge >= 0.3 is 0 Å². The summed E-state index contributed by atoms with van der Waals surface area (Å²) in [7, 11) is 1.53. The van der Waals surface area contributed by atoms with E-state index in [1.54, 1.807) is 6.07 Å². The van der Waals surface area contributed by atoms with Gasteiger partial charge in [-0.3, -0.25) is 0 Å². The number of halogens is 1. The normalized spacial score (nSPS) is 11.9. The van der Waals surface area contributed by atoms with Crippen LogP contribution in [0.5, 0.6) is 0 Å². The highest BCUT2D eigenvalue weighted by atomic mass is 79.9. The van der Waals surface area contributed by atoms with Crippen LogP contribution in [0, 0.1) is 18.3 Å². The number of hydrogen-bond acceptors (Lipinski definition) is 4.